The molecule has 1 aromatic carbocycles. The fourth-order valence-electron chi connectivity index (χ4n) is 2.06. The van der Waals surface area contributed by atoms with Crippen molar-refractivity contribution in [3.8, 4) is 0 Å². The van der Waals surface area contributed by atoms with Crippen molar-refractivity contribution in [2.75, 3.05) is 11.9 Å². The van der Waals surface area contributed by atoms with Crippen LogP contribution in [0.2, 0.25) is 0 Å². The molecule has 21 heavy (non-hydrogen) atoms. The summed E-state index contributed by atoms with van der Waals surface area (Å²) in [4.78, 5) is 2.35. The molecule has 0 aliphatic rings. The van der Waals surface area contributed by atoms with E-state index in [1.165, 1.54) is 15.7 Å². The summed E-state index contributed by atoms with van der Waals surface area (Å²) in [6.45, 7) is 16.6. The summed E-state index contributed by atoms with van der Waals surface area (Å²) in [6, 6.07) is 7.13. The Morgan fingerprint density at radius 3 is 2.14 bits per heavy atom. The van der Waals surface area contributed by atoms with E-state index in [4.69, 9.17) is 0 Å². The second-order valence-electron chi connectivity index (χ2n) is 8.03. The quantitative estimate of drug-likeness (QED) is 0.798. The predicted molar refractivity (Wildman–Crippen MR) is 98.1 cm³/mol. The van der Waals surface area contributed by atoms with Crippen LogP contribution >= 0.6 is 15.9 Å². The molecule has 3 heteroatoms. The zero-order valence-electron chi connectivity index (χ0n) is 14.8. The fraction of sp³-hybridized carbons (Fsp3) is 0.667. The van der Waals surface area contributed by atoms with Crippen molar-refractivity contribution in [1.29, 1.82) is 0 Å². The maximum atomic E-state index is 3.72. The van der Waals surface area contributed by atoms with Crippen LogP contribution < -0.4 is 10.2 Å². The van der Waals surface area contributed by atoms with Gasteiger partial charge in [-0.15, -0.1) is 0 Å². The van der Waals surface area contributed by atoms with Crippen LogP contribution in [0.15, 0.2) is 22.7 Å². The van der Waals surface area contributed by atoms with Crippen molar-refractivity contribution in [3.63, 3.8) is 0 Å². The zero-order valence-corrected chi connectivity index (χ0v) is 16.4. The third-order valence-corrected chi connectivity index (χ3v) is 4.83. The van der Waals surface area contributed by atoms with E-state index >= 15 is 0 Å². The van der Waals surface area contributed by atoms with E-state index in [0.717, 1.165) is 6.54 Å². The Hall–Kier alpha value is -0.540. The molecule has 0 aliphatic heterocycles. The first-order valence-corrected chi connectivity index (χ1v) is 8.47. The molecule has 0 saturated carbocycles. The lowest BCUT2D eigenvalue weighted by atomic mass is 9.87. The first-order valence-electron chi connectivity index (χ1n) is 7.68. The molecule has 0 heterocycles. The first-order chi connectivity index (χ1) is 9.42. The van der Waals surface area contributed by atoms with Crippen molar-refractivity contribution in [2.24, 2.45) is 5.41 Å². The Morgan fingerprint density at radius 1 is 1.14 bits per heavy atom. The number of nitrogens with one attached hydrogen (secondary N) is 1. The Labute approximate surface area is 139 Å². The van der Waals surface area contributed by atoms with Gasteiger partial charge in [0, 0.05) is 35.3 Å². The van der Waals surface area contributed by atoms with Crippen LogP contribution in [0.5, 0.6) is 0 Å². The molecule has 0 aliphatic carbocycles. The minimum Gasteiger partial charge on any atom is -0.371 e. The van der Waals surface area contributed by atoms with E-state index in [1.54, 1.807) is 0 Å². The van der Waals surface area contributed by atoms with Gasteiger partial charge in [0.25, 0.3) is 0 Å². The number of nitrogens with zero attached hydrogens (tertiary/aromatic N) is 1. The number of rotatable bonds is 4. The lowest BCUT2D eigenvalue weighted by molar-refractivity contribution is 0.329. The number of hydrogen-bond acceptors (Lipinski definition) is 2. The molecule has 1 unspecified atom stereocenters. The standard InChI is InChI=1S/C18H31BrN2/c1-13(17(2,3)4)21(8)15-10-9-14(16(19)11-15)12-20-18(5,6)7/h9-11,13,20H,12H2,1-8H3. The average molecular weight is 355 g/mol. The number of halogens is 1. The van der Waals surface area contributed by atoms with Crippen molar-refractivity contribution in [3.05, 3.63) is 28.2 Å². The van der Waals surface area contributed by atoms with E-state index in [-0.39, 0.29) is 11.0 Å². The van der Waals surface area contributed by atoms with Gasteiger partial charge in [-0.1, -0.05) is 42.8 Å². The molecule has 0 spiro atoms. The normalized spacial score (nSPS) is 14.1. The Balaban J connectivity index is 2.87. The summed E-state index contributed by atoms with van der Waals surface area (Å²) in [7, 11) is 2.17. The first kappa shape index (κ1) is 18.5. The lowest BCUT2D eigenvalue weighted by Gasteiger charge is -2.37. The highest BCUT2D eigenvalue weighted by atomic mass is 79.9. The minimum absolute atomic E-state index is 0.135. The summed E-state index contributed by atoms with van der Waals surface area (Å²) >= 11 is 3.72. The molecular weight excluding hydrogens is 324 g/mol. The molecule has 1 atom stereocenters. The molecule has 1 N–H and O–H groups in total. The monoisotopic (exact) mass is 354 g/mol. The molecular formula is C18H31BrN2. The van der Waals surface area contributed by atoms with Gasteiger partial charge in [0.05, 0.1) is 0 Å². The van der Waals surface area contributed by atoms with Gasteiger partial charge in [-0.05, 0) is 50.8 Å². The number of benzene rings is 1. The van der Waals surface area contributed by atoms with Crippen molar-refractivity contribution in [1.82, 2.24) is 5.32 Å². The summed E-state index contributed by atoms with van der Waals surface area (Å²) in [5, 5.41) is 3.53. The van der Waals surface area contributed by atoms with Gasteiger partial charge in [-0.25, -0.2) is 0 Å². The second kappa shape index (κ2) is 6.70. The van der Waals surface area contributed by atoms with E-state index in [2.05, 4.69) is 99.9 Å². The SMILES string of the molecule is CC(N(C)c1ccc(CNC(C)(C)C)c(Br)c1)C(C)(C)C. The summed E-state index contributed by atoms with van der Waals surface area (Å²) in [6.07, 6.45) is 0. The fourth-order valence-corrected chi connectivity index (χ4v) is 2.57. The second-order valence-corrected chi connectivity index (χ2v) is 8.89. The van der Waals surface area contributed by atoms with E-state index in [0.29, 0.717) is 6.04 Å². The van der Waals surface area contributed by atoms with E-state index in [1.807, 2.05) is 0 Å². The van der Waals surface area contributed by atoms with Gasteiger partial charge in [0.2, 0.25) is 0 Å². The highest BCUT2D eigenvalue weighted by Gasteiger charge is 2.24. The predicted octanol–water partition coefficient (Wildman–Crippen LogP) is 5.21. The molecule has 120 valence electrons. The highest BCUT2D eigenvalue weighted by molar-refractivity contribution is 9.10. The maximum Gasteiger partial charge on any atom is 0.0377 e. The van der Waals surface area contributed by atoms with Crippen molar-refractivity contribution >= 4 is 21.6 Å². The van der Waals surface area contributed by atoms with Crippen molar-refractivity contribution in [2.45, 2.75) is 66.6 Å². The smallest absolute Gasteiger partial charge is 0.0377 e. The van der Waals surface area contributed by atoms with Gasteiger partial charge < -0.3 is 10.2 Å². The molecule has 0 saturated heterocycles. The summed E-state index contributed by atoms with van der Waals surface area (Å²) < 4.78 is 1.17. The van der Waals surface area contributed by atoms with Gasteiger partial charge in [0.15, 0.2) is 0 Å². The summed E-state index contributed by atoms with van der Waals surface area (Å²) in [5.74, 6) is 0. The van der Waals surface area contributed by atoms with E-state index < -0.39 is 0 Å². The molecule has 2 nitrogen and oxygen atoms in total. The van der Waals surface area contributed by atoms with Crippen molar-refractivity contribution < 1.29 is 0 Å². The Bertz CT molecular complexity index is 469. The zero-order chi connectivity index (χ0) is 16.4. The Kier molecular flexibility index (Phi) is 5.91. The van der Waals surface area contributed by atoms with Crippen LogP contribution in [0, 0.1) is 5.41 Å². The van der Waals surface area contributed by atoms with Gasteiger partial charge in [0.1, 0.15) is 0 Å². The van der Waals surface area contributed by atoms with Gasteiger partial charge in [-0.3, -0.25) is 0 Å². The van der Waals surface area contributed by atoms with Crippen LogP contribution in [0.3, 0.4) is 0 Å². The number of anilines is 1. The molecule has 0 bridgehead atoms. The van der Waals surface area contributed by atoms with Crippen LogP contribution in [-0.2, 0) is 6.54 Å². The van der Waals surface area contributed by atoms with Gasteiger partial charge in [-0.2, -0.15) is 0 Å². The van der Waals surface area contributed by atoms with E-state index in [9.17, 15) is 0 Å². The third kappa shape index (κ3) is 5.63. The molecule has 0 radical (unpaired) electrons. The minimum atomic E-state index is 0.135. The molecule has 0 aromatic heterocycles. The van der Waals surface area contributed by atoms with Crippen LogP contribution in [0.4, 0.5) is 5.69 Å². The van der Waals surface area contributed by atoms with Gasteiger partial charge >= 0.3 is 0 Å². The van der Waals surface area contributed by atoms with Crippen LogP contribution in [-0.4, -0.2) is 18.6 Å². The highest BCUT2D eigenvalue weighted by Crippen LogP contribution is 2.30. The molecule has 0 amide bonds. The molecule has 0 fully saturated rings. The maximum absolute atomic E-state index is 3.72. The third-order valence-electron chi connectivity index (χ3n) is 4.09. The largest absolute Gasteiger partial charge is 0.371 e. The van der Waals surface area contributed by atoms with Crippen LogP contribution in [0.25, 0.3) is 0 Å². The number of hydrogen-bond donors (Lipinski definition) is 1. The Morgan fingerprint density at radius 2 is 1.71 bits per heavy atom. The summed E-state index contributed by atoms with van der Waals surface area (Å²) in [5.41, 5.74) is 2.94. The lowest BCUT2D eigenvalue weighted by Crippen LogP contribution is -2.39. The van der Waals surface area contributed by atoms with Crippen LogP contribution in [0.1, 0.15) is 54.0 Å². The average Bonchev–Trinajstić information content (AvgIpc) is 2.33. The topological polar surface area (TPSA) is 15.3 Å². The molecule has 1 aromatic rings. The molecule has 1 rings (SSSR count).